The predicted octanol–water partition coefficient (Wildman–Crippen LogP) is 2.24. The van der Waals surface area contributed by atoms with Crippen molar-refractivity contribution in [2.24, 2.45) is 0 Å². The summed E-state index contributed by atoms with van der Waals surface area (Å²) in [7, 11) is 0. The zero-order valence-corrected chi connectivity index (χ0v) is 13.4. The van der Waals surface area contributed by atoms with E-state index < -0.39 is 6.10 Å². The molecule has 1 atom stereocenters. The van der Waals surface area contributed by atoms with Gasteiger partial charge in [-0.2, -0.15) is 0 Å². The maximum absolute atomic E-state index is 11.7. The molecule has 0 bridgehead atoms. The van der Waals surface area contributed by atoms with Crippen LogP contribution in [0.15, 0.2) is 28.7 Å². The van der Waals surface area contributed by atoms with E-state index in [0.717, 1.165) is 4.47 Å². The summed E-state index contributed by atoms with van der Waals surface area (Å²) in [6, 6.07) is 7.25. The molecule has 1 aromatic carbocycles. The van der Waals surface area contributed by atoms with Crippen molar-refractivity contribution in [3.05, 3.63) is 28.7 Å². The lowest BCUT2D eigenvalue weighted by Crippen LogP contribution is -2.43. The number of aliphatic hydroxyl groups is 1. The van der Waals surface area contributed by atoms with Gasteiger partial charge in [0.1, 0.15) is 18.5 Å². The van der Waals surface area contributed by atoms with E-state index in [4.69, 9.17) is 4.74 Å². The van der Waals surface area contributed by atoms with Crippen molar-refractivity contribution in [1.82, 2.24) is 10.2 Å². The smallest absolute Gasteiger partial charge is 0.317 e. The molecule has 0 spiro atoms. The van der Waals surface area contributed by atoms with E-state index in [1.54, 1.807) is 4.90 Å². The number of carbonyl (C=O) groups excluding carboxylic acids is 1. The van der Waals surface area contributed by atoms with Crippen molar-refractivity contribution in [3.63, 3.8) is 0 Å². The molecule has 0 aliphatic carbocycles. The molecule has 1 unspecified atom stereocenters. The van der Waals surface area contributed by atoms with Gasteiger partial charge in [0.2, 0.25) is 0 Å². The molecule has 2 N–H and O–H groups in total. The molecule has 20 heavy (non-hydrogen) atoms. The largest absolute Gasteiger partial charge is 0.490 e. The van der Waals surface area contributed by atoms with Crippen molar-refractivity contribution >= 4 is 22.0 Å². The van der Waals surface area contributed by atoms with Crippen LogP contribution >= 0.6 is 15.9 Å². The molecule has 0 fully saturated rings. The Labute approximate surface area is 128 Å². The number of urea groups is 1. The molecule has 0 radical (unpaired) electrons. The Hall–Kier alpha value is -1.27. The van der Waals surface area contributed by atoms with Crippen molar-refractivity contribution in [2.45, 2.75) is 20.0 Å². The number of para-hydroxylation sites is 1. The number of ether oxygens (including phenoxy) is 1. The fourth-order valence-electron chi connectivity index (χ4n) is 1.63. The summed E-state index contributed by atoms with van der Waals surface area (Å²) in [6.45, 7) is 5.41. The average Bonchev–Trinajstić information content (AvgIpc) is 2.45. The van der Waals surface area contributed by atoms with Gasteiger partial charge in [-0.1, -0.05) is 12.1 Å². The van der Waals surface area contributed by atoms with E-state index in [1.165, 1.54) is 0 Å². The molecule has 0 aromatic heterocycles. The van der Waals surface area contributed by atoms with Crippen LogP contribution < -0.4 is 10.1 Å². The van der Waals surface area contributed by atoms with E-state index in [9.17, 15) is 9.90 Å². The minimum Gasteiger partial charge on any atom is -0.490 e. The second-order valence-corrected chi connectivity index (χ2v) is 5.11. The van der Waals surface area contributed by atoms with Crippen LogP contribution in [0.2, 0.25) is 0 Å². The first-order valence-corrected chi connectivity index (χ1v) is 7.45. The maximum atomic E-state index is 11.7. The molecule has 0 heterocycles. The summed E-state index contributed by atoms with van der Waals surface area (Å²) in [5.41, 5.74) is 0. The Morgan fingerprint density at radius 2 is 2.05 bits per heavy atom. The van der Waals surface area contributed by atoms with Gasteiger partial charge in [-0.25, -0.2) is 4.79 Å². The Morgan fingerprint density at radius 3 is 2.65 bits per heavy atom. The van der Waals surface area contributed by atoms with Gasteiger partial charge in [0.25, 0.3) is 0 Å². The number of benzene rings is 1. The van der Waals surface area contributed by atoms with Crippen molar-refractivity contribution in [3.8, 4) is 5.75 Å². The van der Waals surface area contributed by atoms with Crippen molar-refractivity contribution in [1.29, 1.82) is 0 Å². The zero-order valence-electron chi connectivity index (χ0n) is 11.8. The Morgan fingerprint density at radius 1 is 1.40 bits per heavy atom. The molecule has 112 valence electrons. The second-order valence-electron chi connectivity index (χ2n) is 4.25. The minimum atomic E-state index is -0.749. The van der Waals surface area contributed by atoms with Crippen molar-refractivity contribution in [2.75, 3.05) is 26.2 Å². The van der Waals surface area contributed by atoms with Crippen LogP contribution in [0.25, 0.3) is 0 Å². The van der Waals surface area contributed by atoms with Crippen LogP contribution in [-0.2, 0) is 0 Å². The van der Waals surface area contributed by atoms with E-state index in [1.807, 2.05) is 38.1 Å². The highest BCUT2D eigenvalue weighted by Crippen LogP contribution is 2.23. The van der Waals surface area contributed by atoms with Gasteiger partial charge in [-0.05, 0) is 41.9 Å². The number of nitrogens with zero attached hydrogens (tertiary/aromatic N) is 1. The van der Waals surface area contributed by atoms with Gasteiger partial charge in [0.15, 0.2) is 0 Å². The predicted molar refractivity (Wildman–Crippen MR) is 82.0 cm³/mol. The van der Waals surface area contributed by atoms with E-state index in [2.05, 4.69) is 21.2 Å². The van der Waals surface area contributed by atoms with Crippen LogP contribution in [0.5, 0.6) is 5.75 Å². The van der Waals surface area contributed by atoms with Gasteiger partial charge < -0.3 is 20.1 Å². The Balaban J connectivity index is 2.32. The van der Waals surface area contributed by atoms with E-state index in [-0.39, 0.29) is 19.2 Å². The van der Waals surface area contributed by atoms with Gasteiger partial charge >= 0.3 is 6.03 Å². The first kappa shape index (κ1) is 16.8. The SMILES string of the molecule is CCN(CC)C(=O)NCC(O)COc1ccccc1Br. The zero-order chi connectivity index (χ0) is 15.0. The van der Waals surface area contributed by atoms with Crippen LogP contribution in [0.3, 0.4) is 0 Å². The number of rotatable bonds is 7. The molecule has 2 amide bonds. The van der Waals surface area contributed by atoms with Gasteiger partial charge in [-0.15, -0.1) is 0 Å². The molecule has 0 saturated heterocycles. The van der Waals surface area contributed by atoms with Crippen LogP contribution in [-0.4, -0.2) is 48.4 Å². The first-order valence-electron chi connectivity index (χ1n) is 6.66. The lowest BCUT2D eigenvalue weighted by molar-refractivity contribution is 0.105. The summed E-state index contributed by atoms with van der Waals surface area (Å²) in [4.78, 5) is 13.3. The van der Waals surface area contributed by atoms with Gasteiger partial charge in [-0.3, -0.25) is 0 Å². The summed E-state index contributed by atoms with van der Waals surface area (Å²) in [5.74, 6) is 0.668. The summed E-state index contributed by atoms with van der Waals surface area (Å²) < 4.78 is 6.31. The molecule has 0 aliphatic rings. The van der Waals surface area contributed by atoms with Crippen LogP contribution in [0.1, 0.15) is 13.8 Å². The van der Waals surface area contributed by atoms with E-state index in [0.29, 0.717) is 18.8 Å². The average molecular weight is 345 g/mol. The fourth-order valence-corrected chi connectivity index (χ4v) is 2.03. The lowest BCUT2D eigenvalue weighted by Gasteiger charge is -2.20. The summed E-state index contributed by atoms with van der Waals surface area (Å²) in [6.07, 6.45) is -0.749. The maximum Gasteiger partial charge on any atom is 0.317 e. The highest BCUT2D eigenvalue weighted by Gasteiger charge is 2.12. The number of nitrogens with one attached hydrogen (secondary N) is 1. The minimum absolute atomic E-state index is 0.126. The molecule has 0 saturated carbocycles. The molecular formula is C14H21BrN2O3. The third-order valence-electron chi connectivity index (χ3n) is 2.81. The highest BCUT2D eigenvalue weighted by atomic mass is 79.9. The molecule has 1 rings (SSSR count). The summed E-state index contributed by atoms with van der Waals surface area (Å²) >= 11 is 3.36. The Bertz CT molecular complexity index is 425. The number of amides is 2. The van der Waals surface area contributed by atoms with Crippen LogP contribution in [0.4, 0.5) is 4.79 Å². The molecule has 6 heteroatoms. The molecule has 1 aromatic rings. The lowest BCUT2D eigenvalue weighted by atomic mass is 10.3. The molecule has 0 aliphatic heterocycles. The molecular weight excluding hydrogens is 324 g/mol. The first-order chi connectivity index (χ1) is 9.58. The number of carbonyl (C=O) groups is 1. The Kier molecular flexibility index (Phi) is 7.40. The monoisotopic (exact) mass is 344 g/mol. The normalized spacial score (nSPS) is 11.8. The number of aliphatic hydroxyl groups excluding tert-OH is 1. The second kappa shape index (κ2) is 8.81. The summed E-state index contributed by atoms with van der Waals surface area (Å²) in [5, 5.41) is 12.5. The number of hydrogen-bond acceptors (Lipinski definition) is 3. The highest BCUT2D eigenvalue weighted by molar-refractivity contribution is 9.10. The quantitative estimate of drug-likeness (QED) is 0.797. The van der Waals surface area contributed by atoms with E-state index >= 15 is 0 Å². The number of hydrogen-bond donors (Lipinski definition) is 2. The third kappa shape index (κ3) is 5.38. The van der Waals surface area contributed by atoms with Crippen LogP contribution in [0, 0.1) is 0 Å². The van der Waals surface area contributed by atoms with Gasteiger partial charge in [0.05, 0.1) is 4.47 Å². The number of halogens is 1. The standard InChI is InChI=1S/C14H21BrN2O3/c1-3-17(4-2)14(19)16-9-11(18)10-20-13-8-6-5-7-12(13)15/h5-8,11,18H,3-4,9-10H2,1-2H3,(H,16,19). The van der Waals surface area contributed by atoms with Gasteiger partial charge in [0, 0.05) is 19.6 Å². The fraction of sp³-hybridized carbons (Fsp3) is 0.500. The topological polar surface area (TPSA) is 61.8 Å². The molecule has 5 nitrogen and oxygen atoms in total. The third-order valence-corrected chi connectivity index (χ3v) is 3.46. The van der Waals surface area contributed by atoms with Crippen molar-refractivity contribution < 1.29 is 14.6 Å².